The van der Waals surface area contributed by atoms with Crippen LogP contribution in [0.5, 0.6) is 5.75 Å². The summed E-state index contributed by atoms with van der Waals surface area (Å²) in [6, 6.07) is 13.7. The summed E-state index contributed by atoms with van der Waals surface area (Å²) in [7, 11) is 1.52. The lowest BCUT2D eigenvalue weighted by molar-refractivity contribution is 0.0898. The van der Waals surface area contributed by atoms with Crippen LogP contribution in [0, 0.1) is 0 Å². The zero-order chi connectivity index (χ0) is 20.9. The van der Waals surface area contributed by atoms with Gasteiger partial charge in [0.25, 0.3) is 5.91 Å². The number of aromatic nitrogens is 4. The molecule has 0 aliphatic carbocycles. The van der Waals surface area contributed by atoms with Gasteiger partial charge in [0, 0.05) is 25.2 Å². The number of carbonyl (C=O) groups excluding carboxylic acids is 1. The number of amides is 1. The highest BCUT2D eigenvalue weighted by molar-refractivity contribution is 6.33. The third kappa shape index (κ3) is 4.60. The summed E-state index contributed by atoms with van der Waals surface area (Å²) in [5.41, 5.74) is 2.21. The maximum Gasteiger partial charge on any atom is 0.255 e. The van der Waals surface area contributed by atoms with E-state index in [9.17, 15) is 4.79 Å². The van der Waals surface area contributed by atoms with Crippen molar-refractivity contribution in [3.8, 4) is 11.4 Å². The van der Waals surface area contributed by atoms with Crippen LogP contribution in [0.3, 0.4) is 0 Å². The summed E-state index contributed by atoms with van der Waals surface area (Å²) in [5, 5.41) is 14.6. The smallest absolute Gasteiger partial charge is 0.255 e. The number of benzene rings is 2. The van der Waals surface area contributed by atoms with Gasteiger partial charge in [-0.25, -0.2) is 0 Å². The molecule has 1 unspecified atom stereocenters. The van der Waals surface area contributed by atoms with E-state index in [2.05, 4.69) is 37.9 Å². The summed E-state index contributed by atoms with van der Waals surface area (Å²) in [5.74, 6) is 0.211. The minimum absolute atomic E-state index is 0.0673. The van der Waals surface area contributed by atoms with E-state index in [0.29, 0.717) is 22.0 Å². The maximum absolute atomic E-state index is 13.0. The van der Waals surface area contributed by atoms with Crippen molar-refractivity contribution in [3.05, 3.63) is 64.9 Å². The average Bonchev–Trinajstić information content (AvgIpc) is 3.29. The van der Waals surface area contributed by atoms with Crippen molar-refractivity contribution in [3.63, 3.8) is 0 Å². The van der Waals surface area contributed by atoms with Crippen LogP contribution in [0.4, 0.5) is 0 Å². The molecular formula is C21H23ClN6O2. The first-order chi connectivity index (χ1) is 14.6. The Hall–Kier alpha value is -2.97. The molecule has 1 saturated heterocycles. The molecule has 1 aromatic heterocycles. The van der Waals surface area contributed by atoms with Crippen molar-refractivity contribution in [2.45, 2.75) is 25.4 Å². The molecule has 1 N–H and O–H groups in total. The number of rotatable bonds is 6. The lowest BCUT2D eigenvalue weighted by atomic mass is 10.0. The van der Waals surface area contributed by atoms with Crippen LogP contribution in [0.15, 0.2) is 48.8 Å². The molecule has 9 heteroatoms. The quantitative estimate of drug-likeness (QED) is 0.652. The van der Waals surface area contributed by atoms with Gasteiger partial charge in [-0.15, -0.1) is 5.10 Å². The highest BCUT2D eigenvalue weighted by atomic mass is 35.5. The molecular weight excluding hydrogens is 404 g/mol. The summed E-state index contributed by atoms with van der Waals surface area (Å²) in [6.07, 6.45) is 3.41. The van der Waals surface area contributed by atoms with Gasteiger partial charge >= 0.3 is 0 Å². The van der Waals surface area contributed by atoms with Crippen molar-refractivity contribution in [2.75, 3.05) is 20.2 Å². The van der Waals surface area contributed by atoms with Gasteiger partial charge < -0.3 is 10.1 Å². The lowest BCUT2D eigenvalue weighted by Gasteiger charge is -2.33. The standard InChI is InChI=1S/C21H23ClN6O2/c1-30-20-11-19(28-14-23-25-26-28)18(22)10-17(20)21(29)24-16-8-5-9-27(13-16)12-15-6-3-2-4-7-15/h2-4,6-7,10-11,14,16H,5,8-9,12-13H2,1H3,(H,24,29). The SMILES string of the molecule is COc1cc(-n2cnnn2)c(Cl)cc1C(=O)NC1CCCN(Cc2ccccc2)C1. The highest BCUT2D eigenvalue weighted by Gasteiger charge is 2.24. The van der Waals surface area contributed by atoms with Crippen LogP contribution >= 0.6 is 11.6 Å². The van der Waals surface area contributed by atoms with E-state index < -0.39 is 0 Å². The molecule has 0 bridgehead atoms. The maximum atomic E-state index is 13.0. The zero-order valence-electron chi connectivity index (χ0n) is 16.7. The second kappa shape index (κ2) is 9.23. The Labute approximate surface area is 179 Å². The molecule has 1 amide bonds. The van der Waals surface area contributed by atoms with Crippen LogP contribution in [0.1, 0.15) is 28.8 Å². The Morgan fingerprint density at radius 1 is 1.30 bits per heavy atom. The first-order valence-electron chi connectivity index (χ1n) is 9.82. The van der Waals surface area contributed by atoms with E-state index in [1.807, 2.05) is 18.2 Å². The molecule has 4 rings (SSSR count). The van der Waals surface area contributed by atoms with Gasteiger partial charge in [0.05, 0.1) is 23.4 Å². The topological polar surface area (TPSA) is 85.2 Å². The molecule has 0 spiro atoms. The summed E-state index contributed by atoms with van der Waals surface area (Å²) in [6.45, 7) is 2.71. The van der Waals surface area contributed by atoms with Gasteiger partial charge in [-0.05, 0) is 41.4 Å². The molecule has 30 heavy (non-hydrogen) atoms. The Kier molecular flexibility index (Phi) is 6.25. The number of carbonyl (C=O) groups is 1. The number of tetrazole rings is 1. The van der Waals surface area contributed by atoms with Gasteiger partial charge in [-0.3, -0.25) is 9.69 Å². The second-order valence-electron chi connectivity index (χ2n) is 7.29. The van der Waals surface area contributed by atoms with Crippen LogP contribution in [-0.4, -0.2) is 57.3 Å². The minimum Gasteiger partial charge on any atom is -0.496 e. The molecule has 1 fully saturated rings. The van der Waals surface area contributed by atoms with Crippen molar-refractivity contribution < 1.29 is 9.53 Å². The summed E-state index contributed by atoms with van der Waals surface area (Å²) < 4.78 is 6.86. The summed E-state index contributed by atoms with van der Waals surface area (Å²) >= 11 is 6.39. The predicted molar refractivity (Wildman–Crippen MR) is 113 cm³/mol. The third-order valence-corrected chi connectivity index (χ3v) is 5.50. The van der Waals surface area contributed by atoms with Crippen LogP contribution in [0.2, 0.25) is 5.02 Å². The van der Waals surface area contributed by atoms with Gasteiger partial charge in [0.1, 0.15) is 12.1 Å². The van der Waals surface area contributed by atoms with Gasteiger partial charge in [0.2, 0.25) is 0 Å². The van der Waals surface area contributed by atoms with Crippen LogP contribution in [-0.2, 0) is 6.54 Å². The normalized spacial score (nSPS) is 16.9. The van der Waals surface area contributed by atoms with E-state index in [1.54, 1.807) is 12.1 Å². The molecule has 8 nitrogen and oxygen atoms in total. The molecule has 156 valence electrons. The monoisotopic (exact) mass is 426 g/mol. The number of halogens is 1. The number of ether oxygens (including phenoxy) is 1. The Morgan fingerprint density at radius 2 is 2.13 bits per heavy atom. The Morgan fingerprint density at radius 3 is 2.87 bits per heavy atom. The van der Waals surface area contributed by atoms with Gasteiger partial charge in [0.15, 0.2) is 0 Å². The number of methoxy groups -OCH3 is 1. The van der Waals surface area contributed by atoms with Crippen LogP contribution in [0.25, 0.3) is 5.69 Å². The highest BCUT2D eigenvalue weighted by Crippen LogP contribution is 2.29. The molecule has 1 atom stereocenters. The molecule has 2 heterocycles. The molecule has 1 aliphatic heterocycles. The van der Waals surface area contributed by atoms with Crippen molar-refractivity contribution in [2.24, 2.45) is 0 Å². The number of likely N-dealkylation sites (tertiary alicyclic amines) is 1. The number of hydrogen-bond acceptors (Lipinski definition) is 6. The number of nitrogens with zero attached hydrogens (tertiary/aromatic N) is 5. The zero-order valence-corrected chi connectivity index (χ0v) is 17.4. The van der Waals surface area contributed by atoms with Crippen molar-refractivity contribution >= 4 is 17.5 Å². The fraction of sp³-hybridized carbons (Fsp3) is 0.333. The van der Waals surface area contributed by atoms with E-state index in [1.165, 1.54) is 23.7 Å². The van der Waals surface area contributed by atoms with Crippen LogP contribution < -0.4 is 10.1 Å². The van der Waals surface area contributed by atoms with E-state index >= 15 is 0 Å². The largest absolute Gasteiger partial charge is 0.496 e. The van der Waals surface area contributed by atoms with Crippen molar-refractivity contribution in [1.82, 2.24) is 30.4 Å². The van der Waals surface area contributed by atoms with Crippen molar-refractivity contribution in [1.29, 1.82) is 0 Å². The fourth-order valence-electron chi connectivity index (χ4n) is 3.76. The molecule has 0 saturated carbocycles. The van der Waals surface area contributed by atoms with Gasteiger partial charge in [-0.1, -0.05) is 41.9 Å². The van der Waals surface area contributed by atoms with E-state index in [-0.39, 0.29) is 11.9 Å². The second-order valence-corrected chi connectivity index (χ2v) is 7.70. The third-order valence-electron chi connectivity index (χ3n) is 5.20. The minimum atomic E-state index is -0.205. The predicted octanol–water partition coefficient (Wildman–Crippen LogP) is 2.72. The molecule has 2 aromatic carbocycles. The summed E-state index contributed by atoms with van der Waals surface area (Å²) in [4.78, 5) is 15.4. The number of piperidine rings is 1. The molecule has 0 radical (unpaired) electrons. The average molecular weight is 427 g/mol. The van der Waals surface area contributed by atoms with E-state index in [4.69, 9.17) is 16.3 Å². The molecule has 1 aliphatic rings. The fourth-order valence-corrected chi connectivity index (χ4v) is 4.01. The Bertz CT molecular complexity index is 996. The lowest BCUT2D eigenvalue weighted by Crippen LogP contribution is -2.47. The first-order valence-corrected chi connectivity index (χ1v) is 10.2. The first kappa shape index (κ1) is 20.3. The number of hydrogen-bond donors (Lipinski definition) is 1. The molecule has 3 aromatic rings. The van der Waals surface area contributed by atoms with E-state index in [0.717, 1.165) is 32.5 Å². The number of nitrogens with one attached hydrogen (secondary N) is 1. The Balaban J connectivity index is 1.46. The van der Waals surface area contributed by atoms with Gasteiger partial charge in [-0.2, -0.15) is 4.68 Å².